The normalized spacial score (nSPS) is 10.8. The van der Waals surface area contributed by atoms with E-state index in [0.717, 1.165) is 12.2 Å². The lowest BCUT2D eigenvalue weighted by Crippen LogP contribution is -2.10. The van der Waals surface area contributed by atoms with Crippen LogP contribution in [0.2, 0.25) is 0 Å². The molecule has 0 fully saturated rings. The lowest BCUT2D eigenvalue weighted by molar-refractivity contribution is 0.396. The molecule has 0 aromatic carbocycles. The Bertz CT molecular complexity index is 207. The van der Waals surface area contributed by atoms with Gasteiger partial charge in [0.25, 0.3) is 0 Å². The standard InChI is InChI=1S/C5H9IN4/c1-9(2)3-5-4-10(6)8-7-5/h4H,3H2,1-2H3. The van der Waals surface area contributed by atoms with E-state index in [-0.39, 0.29) is 0 Å². The second-order valence-corrected chi connectivity index (χ2v) is 3.32. The van der Waals surface area contributed by atoms with E-state index in [1.165, 1.54) is 0 Å². The fourth-order valence-corrected chi connectivity index (χ4v) is 1.09. The summed E-state index contributed by atoms with van der Waals surface area (Å²) in [6.45, 7) is 0.850. The van der Waals surface area contributed by atoms with Crippen molar-refractivity contribution in [3.8, 4) is 0 Å². The predicted molar refractivity (Wildman–Crippen MR) is 46.8 cm³/mol. The summed E-state index contributed by atoms with van der Waals surface area (Å²) in [5.41, 5.74) is 0.999. The third-order valence-corrected chi connectivity index (χ3v) is 1.46. The third kappa shape index (κ3) is 2.22. The summed E-state index contributed by atoms with van der Waals surface area (Å²) in [4.78, 5) is 2.06. The van der Waals surface area contributed by atoms with E-state index >= 15 is 0 Å². The van der Waals surface area contributed by atoms with Crippen molar-refractivity contribution in [1.29, 1.82) is 0 Å². The zero-order valence-corrected chi connectivity index (χ0v) is 8.11. The summed E-state index contributed by atoms with van der Waals surface area (Å²) in [5, 5.41) is 7.72. The van der Waals surface area contributed by atoms with Gasteiger partial charge in [-0.3, -0.25) is 0 Å². The molecule has 0 amide bonds. The zero-order valence-electron chi connectivity index (χ0n) is 5.95. The lowest BCUT2D eigenvalue weighted by atomic mass is 10.4. The Morgan fingerprint density at radius 2 is 2.40 bits per heavy atom. The first-order valence-electron chi connectivity index (χ1n) is 2.90. The van der Waals surface area contributed by atoms with Crippen LogP contribution in [0.15, 0.2) is 6.20 Å². The maximum Gasteiger partial charge on any atom is 0.0976 e. The highest BCUT2D eigenvalue weighted by Crippen LogP contribution is 1.97. The minimum absolute atomic E-state index is 0.850. The molecule has 56 valence electrons. The van der Waals surface area contributed by atoms with Gasteiger partial charge in [0.1, 0.15) is 0 Å². The van der Waals surface area contributed by atoms with Gasteiger partial charge in [0.15, 0.2) is 0 Å². The molecule has 0 spiro atoms. The predicted octanol–water partition coefficient (Wildman–Crippen LogP) is 0.538. The van der Waals surface area contributed by atoms with Crippen molar-refractivity contribution in [1.82, 2.24) is 18.1 Å². The van der Waals surface area contributed by atoms with E-state index in [4.69, 9.17) is 0 Å². The van der Waals surface area contributed by atoms with Gasteiger partial charge in [-0.1, -0.05) is 5.21 Å². The largest absolute Gasteiger partial charge is 0.303 e. The molecule has 4 nitrogen and oxygen atoms in total. The van der Waals surface area contributed by atoms with Crippen LogP contribution in [0.4, 0.5) is 0 Å². The molecular weight excluding hydrogens is 243 g/mol. The summed E-state index contributed by atoms with van der Waals surface area (Å²) >= 11 is 2.07. The molecule has 0 saturated carbocycles. The van der Waals surface area contributed by atoms with Crippen LogP contribution in [-0.4, -0.2) is 32.2 Å². The number of rotatable bonds is 2. The van der Waals surface area contributed by atoms with Crippen LogP contribution in [-0.2, 0) is 6.54 Å². The molecule has 1 heterocycles. The first-order valence-corrected chi connectivity index (χ1v) is 3.87. The highest BCUT2D eigenvalue weighted by molar-refractivity contribution is 14.1. The fraction of sp³-hybridized carbons (Fsp3) is 0.600. The minimum atomic E-state index is 0.850. The van der Waals surface area contributed by atoms with Gasteiger partial charge >= 0.3 is 0 Å². The monoisotopic (exact) mass is 252 g/mol. The molecule has 0 radical (unpaired) electrons. The number of hydrogen-bond donors (Lipinski definition) is 0. The quantitative estimate of drug-likeness (QED) is 0.720. The Balaban J connectivity index is 2.58. The van der Waals surface area contributed by atoms with E-state index in [0.29, 0.717) is 0 Å². The SMILES string of the molecule is CN(C)Cc1cn(I)nn1. The summed E-state index contributed by atoms with van der Waals surface area (Å²) in [6.07, 6.45) is 1.90. The van der Waals surface area contributed by atoms with Crippen molar-refractivity contribution in [2.75, 3.05) is 14.1 Å². The molecule has 0 unspecified atom stereocenters. The molecule has 1 aromatic rings. The third-order valence-electron chi connectivity index (χ3n) is 0.992. The summed E-state index contributed by atoms with van der Waals surface area (Å²) < 4.78 is 1.68. The molecule has 1 rings (SSSR count). The molecule has 0 bridgehead atoms. The molecule has 1 aromatic heterocycles. The summed E-state index contributed by atoms with van der Waals surface area (Å²) in [5.74, 6) is 0. The Morgan fingerprint density at radius 3 is 2.80 bits per heavy atom. The molecule has 0 atom stereocenters. The number of hydrogen-bond acceptors (Lipinski definition) is 3. The Labute approximate surface area is 73.7 Å². The first kappa shape index (κ1) is 7.93. The molecule has 0 aliphatic rings. The van der Waals surface area contributed by atoms with Gasteiger partial charge in [-0.05, 0) is 14.1 Å². The second-order valence-electron chi connectivity index (χ2n) is 2.34. The van der Waals surface area contributed by atoms with Crippen molar-refractivity contribution >= 4 is 22.9 Å². The molecule has 0 aliphatic heterocycles. The number of nitrogens with zero attached hydrogens (tertiary/aromatic N) is 4. The number of halogens is 1. The van der Waals surface area contributed by atoms with Crippen molar-refractivity contribution < 1.29 is 0 Å². The van der Waals surface area contributed by atoms with Gasteiger partial charge in [0, 0.05) is 6.54 Å². The topological polar surface area (TPSA) is 34.0 Å². The van der Waals surface area contributed by atoms with Crippen molar-refractivity contribution in [2.24, 2.45) is 0 Å². The van der Waals surface area contributed by atoms with Crippen molar-refractivity contribution in [3.05, 3.63) is 11.9 Å². The molecule has 0 aliphatic carbocycles. The van der Waals surface area contributed by atoms with Crippen molar-refractivity contribution in [3.63, 3.8) is 0 Å². The Morgan fingerprint density at radius 1 is 1.70 bits per heavy atom. The van der Waals surface area contributed by atoms with E-state index in [1.54, 1.807) is 2.90 Å². The van der Waals surface area contributed by atoms with E-state index in [2.05, 4.69) is 38.1 Å². The van der Waals surface area contributed by atoms with Gasteiger partial charge in [-0.2, -0.15) is 2.90 Å². The fourth-order valence-electron chi connectivity index (χ4n) is 0.671. The Kier molecular flexibility index (Phi) is 2.61. The van der Waals surface area contributed by atoms with Crippen LogP contribution in [0.1, 0.15) is 5.69 Å². The van der Waals surface area contributed by atoms with Crippen LogP contribution in [0, 0.1) is 0 Å². The first-order chi connectivity index (χ1) is 4.68. The van der Waals surface area contributed by atoms with Crippen LogP contribution >= 0.6 is 22.9 Å². The molecule has 10 heavy (non-hydrogen) atoms. The average molecular weight is 252 g/mol. The van der Waals surface area contributed by atoms with E-state index in [1.807, 2.05) is 20.3 Å². The highest BCUT2D eigenvalue weighted by Gasteiger charge is 1.98. The lowest BCUT2D eigenvalue weighted by Gasteiger charge is -2.04. The van der Waals surface area contributed by atoms with Crippen LogP contribution in [0.3, 0.4) is 0 Å². The molecular formula is C5H9IN4. The van der Waals surface area contributed by atoms with Gasteiger partial charge < -0.3 is 4.90 Å². The zero-order chi connectivity index (χ0) is 7.56. The van der Waals surface area contributed by atoms with Crippen LogP contribution < -0.4 is 0 Å². The molecule has 5 heteroatoms. The average Bonchev–Trinajstić information content (AvgIpc) is 2.13. The van der Waals surface area contributed by atoms with E-state index < -0.39 is 0 Å². The van der Waals surface area contributed by atoms with E-state index in [9.17, 15) is 0 Å². The second kappa shape index (κ2) is 3.29. The maximum atomic E-state index is 3.92. The maximum absolute atomic E-state index is 3.92. The summed E-state index contributed by atoms with van der Waals surface area (Å²) in [7, 11) is 4.01. The van der Waals surface area contributed by atoms with Crippen molar-refractivity contribution in [2.45, 2.75) is 6.54 Å². The van der Waals surface area contributed by atoms with Crippen LogP contribution in [0.5, 0.6) is 0 Å². The Hall–Kier alpha value is -0.170. The molecule has 0 N–H and O–H groups in total. The molecule has 0 saturated heterocycles. The highest BCUT2D eigenvalue weighted by atomic mass is 127. The van der Waals surface area contributed by atoms with Gasteiger partial charge in [0.05, 0.1) is 34.8 Å². The minimum Gasteiger partial charge on any atom is -0.303 e. The van der Waals surface area contributed by atoms with Crippen LogP contribution in [0.25, 0.3) is 0 Å². The number of aromatic nitrogens is 3. The smallest absolute Gasteiger partial charge is 0.0976 e. The van der Waals surface area contributed by atoms with Gasteiger partial charge in [-0.15, -0.1) is 5.10 Å². The summed E-state index contributed by atoms with van der Waals surface area (Å²) in [6, 6.07) is 0. The van der Waals surface area contributed by atoms with Gasteiger partial charge in [0.2, 0.25) is 0 Å². The van der Waals surface area contributed by atoms with Gasteiger partial charge in [-0.25, -0.2) is 0 Å².